The number of halogens is 2. The molecule has 0 aliphatic carbocycles. The molecule has 7 nitrogen and oxygen atoms in total. The van der Waals surface area contributed by atoms with Gasteiger partial charge in [-0.15, -0.1) is 6.42 Å². The van der Waals surface area contributed by atoms with Crippen LogP contribution >= 0.6 is 11.8 Å². The highest BCUT2D eigenvalue weighted by Crippen LogP contribution is 2.46. The summed E-state index contributed by atoms with van der Waals surface area (Å²) in [5.41, 5.74) is 5.72. The molecule has 1 fully saturated rings. The van der Waals surface area contributed by atoms with Gasteiger partial charge in [0.1, 0.15) is 17.1 Å². The quantitative estimate of drug-likeness (QED) is 0.635. The molecule has 2 aromatic rings. The monoisotopic (exact) mass is 483 g/mol. The number of amides is 1. The fourth-order valence-electron chi connectivity index (χ4n) is 4.23. The molecule has 2 N–H and O–H groups in total. The number of hydrogen-bond acceptors (Lipinski definition) is 7. The molecule has 3 heterocycles. The third-order valence-corrected chi connectivity index (χ3v) is 6.83. The molecule has 176 valence electrons. The molecule has 2 atom stereocenters. The molecule has 1 saturated heterocycles. The molecule has 0 radical (unpaired) electrons. The molecule has 34 heavy (non-hydrogen) atoms. The van der Waals surface area contributed by atoms with Gasteiger partial charge in [0, 0.05) is 30.2 Å². The Balaban J connectivity index is 1.68. The third kappa shape index (κ3) is 4.61. The lowest BCUT2D eigenvalue weighted by Gasteiger charge is -2.35. The molecule has 2 aliphatic heterocycles. The Labute approximate surface area is 200 Å². The number of rotatable bonds is 6. The lowest BCUT2D eigenvalue weighted by Crippen LogP contribution is -2.41. The van der Waals surface area contributed by atoms with Gasteiger partial charge < -0.3 is 15.4 Å². The van der Waals surface area contributed by atoms with E-state index in [1.54, 1.807) is 17.9 Å². The van der Waals surface area contributed by atoms with Gasteiger partial charge >= 0.3 is 0 Å². The molecule has 0 spiro atoms. The van der Waals surface area contributed by atoms with Crippen LogP contribution in [0.5, 0.6) is 5.88 Å². The maximum absolute atomic E-state index is 15.1. The number of amidine groups is 1. The molecule has 4 rings (SSSR count). The number of hydrogen-bond donors (Lipinski definition) is 1. The minimum Gasteiger partial charge on any atom is -0.463 e. The lowest BCUT2D eigenvalue weighted by atomic mass is 9.81. The number of nitrogens with zero attached hydrogens (tertiary/aromatic N) is 4. The van der Waals surface area contributed by atoms with Crippen molar-refractivity contribution in [2.24, 2.45) is 16.6 Å². The van der Waals surface area contributed by atoms with Crippen molar-refractivity contribution in [2.45, 2.75) is 18.9 Å². The number of fused-ring (bicyclic) bond motifs is 1. The third-order valence-electron chi connectivity index (χ3n) is 5.87. The first-order valence-corrected chi connectivity index (χ1v) is 11.7. The fourth-order valence-corrected chi connectivity index (χ4v) is 5.21. The average molecular weight is 484 g/mol. The van der Waals surface area contributed by atoms with Crippen molar-refractivity contribution in [2.75, 3.05) is 25.4 Å². The summed E-state index contributed by atoms with van der Waals surface area (Å²) in [5.74, 6) is 1.83. The van der Waals surface area contributed by atoms with Crippen LogP contribution in [-0.2, 0) is 10.3 Å². The summed E-state index contributed by atoms with van der Waals surface area (Å²) >= 11 is 1.39. The minimum absolute atomic E-state index is 0.00751. The van der Waals surface area contributed by atoms with Crippen LogP contribution in [0.2, 0.25) is 0 Å². The van der Waals surface area contributed by atoms with Gasteiger partial charge in [0.15, 0.2) is 17.6 Å². The van der Waals surface area contributed by atoms with Gasteiger partial charge in [-0.3, -0.25) is 4.79 Å². The normalized spacial score (nSPS) is 22.1. The molecule has 1 aromatic carbocycles. The Kier molecular flexibility index (Phi) is 6.84. The number of ether oxygens (including phenoxy) is 1. The van der Waals surface area contributed by atoms with Gasteiger partial charge in [-0.05, 0) is 23.8 Å². The zero-order valence-corrected chi connectivity index (χ0v) is 19.3. The number of benzene rings is 1. The Morgan fingerprint density at radius 2 is 2.26 bits per heavy atom. The zero-order chi connectivity index (χ0) is 24.3. The van der Waals surface area contributed by atoms with Gasteiger partial charge in [0.25, 0.3) is 0 Å². The van der Waals surface area contributed by atoms with E-state index in [2.05, 4.69) is 20.9 Å². The van der Waals surface area contributed by atoms with Crippen LogP contribution in [0.3, 0.4) is 0 Å². The standard InChI is InChI=1S/C24H23F2N5O2S/c1-3-7-33-21-11-28-20(10-29-21)19(26)9-15-5-6-18(25)17(8-15)24-14-31(22(32)4-2)12-16(24)13-34-23(27)30-24/h1,5-6,8-11,16H,4,7,12-14H2,2H3,(H2,27,30)/b19-9-/t16-,24-/m0/s1. The van der Waals surface area contributed by atoms with Crippen molar-refractivity contribution >= 4 is 34.7 Å². The highest BCUT2D eigenvalue weighted by atomic mass is 32.2. The molecule has 0 saturated carbocycles. The largest absolute Gasteiger partial charge is 0.463 e. The summed E-state index contributed by atoms with van der Waals surface area (Å²) in [6.07, 6.45) is 9.22. The Bertz CT molecular complexity index is 1190. The number of nitrogens with two attached hydrogens (primary N) is 1. The highest BCUT2D eigenvalue weighted by molar-refractivity contribution is 8.13. The minimum atomic E-state index is -1.01. The smallest absolute Gasteiger partial charge is 0.233 e. The van der Waals surface area contributed by atoms with Crippen LogP contribution in [0.25, 0.3) is 11.9 Å². The van der Waals surface area contributed by atoms with Crippen LogP contribution in [0.15, 0.2) is 35.6 Å². The van der Waals surface area contributed by atoms with Gasteiger partial charge in [-0.1, -0.05) is 30.7 Å². The van der Waals surface area contributed by atoms with Crippen molar-refractivity contribution in [3.63, 3.8) is 0 Å². The first kappa shape index (κ1) is 23.7. The number of carbonyl (C=O) groups excluding carboxylic acids is 1. The first-order valence-electron chi connectivity index (χ1n) is 10.7. The molecule has 1 amide bonds. The van der Waals surface area contributed by atoms with Crippen LogP contribution < -0.4 is 10.5 Å². The van der Waals surface area contributed by atoms with Crippen LogP contribution in [0.1, 0.15) is 30.2 Å². The summed E-state index contributed by atoms with van der Waals surface area (Å²) in [7, 11) is 0. The Hall–Kier alpha value is -3.45. The molecule has 1 aromatic heterocycles. The van der Waals surface area contributed by atoms with E-state index in [4.69, 9.17) is 16.9 Å². The highest BCUT2D eigenvalue weighted by Gasteiger charge is 2.52. The predicted molar refractivity (Wildman–Crippen MR) is 128 cm³/mol. The maximum Gasteiger partial charge on any atom is 0.233 e. The summed E-state index contributed by atoms with van der Waals surface area (Å²) in [6.45, 7) is 2.51. The van der Waals surface area contributed by atoms with E-state index >= 15 is 4.39 Å². The van der Waals surface area contributed by atoms with E-state index in [1.165, 1.54) is 42.4 Å². The van der Waals surface area contributed by atoms with Gasteiger partial charge in [-0.25, -0.2) is 23.7 Å². The fraction of sp³-hybridized carbons (Fsp3) is 0.333. The zero-order valence-electron chi connectivity index (χ0n) is 18.5. The topological polar surface area (TPSA) is 93.7 Å². The van der Waals surface area contributed by atoms with E-state index in [9.17, 15) is 9.18 Å². The summed E-state index contributed by atoms with van der Waals surface area (Å²) in [4.78, 5) is 26.7. The van der Waals surface area contributed by atoms with E-state index in [0.717, 1.165) is 0 Å². The molecule has 0 bridgehead atoms. The second-order valence-electron chi connectivity index (χ2n) is 7.97. The summed E-state index contributed by atoms with van der Waals surface area (Å²) in [6, 6.07) is 4.31. The number of likely N-dealkylation sites (tertiary alicyclic amines) is 1. The Morgan fingerprint density at radius 1 is 1.44 bits per heavy atom. The van der Waals surface area contributed by atoms with Gasteiger partial charge in [0.05, 0.1) is 18.9 Å². The second-order valence-corrected chi connectivity index (χ2v) is 9.01. The lowest BCUT2D eigenvalue weighted by molar-refractivity contribution is -0.130. The molecular weight excluding hydrogens is 460 g/mol. The predicted octanol–water partition coefficient (Wildman–Crippen LogP) is 3.22. The molecule has 2 aliphatic rings. The van der Waals surface area contributed by atoms with Crippen molar-refractivity contribution in [3.05, 3.63) is 53.2 Å². The number of aromatic nitrogens is 2. The van der Waals surface area contributed by atoms with E-state index in [-0.39, 0.29) is 42.1 Å². The number of thioether (sulfide) groups is 1. The maximum atomic E-state index is 15.1. The number of carbonyl (C=O) groups is 1. The van der Waals surface area contributed by atoms with Gasteiger partial charge in [-0.2, -0.15) is 0 Å². The van der Waals surface area contributed by atoms with Crippen LogP contribution in [-0.4, -0.2) is 51.4 Å². The van der Waals surface area contributed by atoms with E-state index in [0.29, 0.717) is 29.4 Å². The molecular formula is C24H23F2N5O2S. The van der Waals surface area contributed by atoms with Crippen molar-refractivity contribution in [3.8, 4) is 18.2 Å². The molecule has 0 unspecified atom stereocenters. The first-order chi connectivity index (χ1) is 16.4. The van der Waals surface area contributed by atoms with E-state index in [1.807, 2.05) is 0 Å². The molecule has 10 heteroatoms. The van der Waals surface area contributed by atoms with Crippen molar-refractivity contribution < 1.29 is 18.3 Å². The SMILES string of the molecule is C#CCOc1cnc(/C(F)=C/c2ccc(F)c([C@]34CN(C(=O)CC)C[C@H]3CSC(N)=N4)c2)cn1. The van der Waals surface area contributed by atoms with Crippen LogP contribution in [0.4, 0.5) is 8.78 Å². The summed E-state index contributed by atoms with van der Waals surface area (Å²) < 4.78 is 35.2. The van der Waals surface area contributed by atoms with Gasteiger partial charge in [0.2, 0.25) is 11.8 Å². The van der Waals surface area contributed by atoms with Crippen LogP contribution in [0, 0.1) is 24.1 Å². The number of terminal acetylenes is 1. The average Bonchev–Trinajstić information content (AvgIpc) is 3.23. The van der Waals surface area contributed by atoms with Crippen molar-refractivity contribution in [1.29, 1.82) is 0 Å². The second kappa shape index (κ2) is 9.81. The number of aliphatic imine (C=N–C) groups is 1. The Morgan fingerprint density at radius 3 is 2.97 bits per heavy atom. The van der Waals surface area contributed by atoms with E-state index < -0.39 is 17.2 Å². The van der Waals surface area contributed by atoms with Crippen molar-refractivity contribution in [1.82, 2.24) is 14.9 Å². The summed E-state index contributed by atoms with van der Waals surface area (Å²) in [5, 5.41) is 0.344.